The van der Waals surface area contributed by atoms with Gasteiger partial charge < -0.3 is 0 Å². The fraction of sp³-hybridized carbons (Fsp3) is 0.929. The highest BCUT2D eigenvalue weighted by atomic mass is 14.6. The largest absolute Gasteiger partial charge is 0.0853 e. The average molecular weight is 385 g/mol. The maximum Gasteiger partial charge on any atom is -0.0149 e. The lowest BCUT2D eigenvalue weighted by Crippen LogP contribution is -2.53. The number of allylic oxidation sites excluding steroid dienone is 2. The van der Waals surface area contributed by atoms with Crippen molar-refractivity contribution in [3.8, 4) is 0 Å². The molecule has 4 rings (SSSR count). The first-order valence-corrected chi connectivity index (χ1v) is 12.9. The first-order valence-electron chi connectivity index (χ1n) is 12.9. The van der Waals surface area contributed by atoms with Crippen LogP contribution >= 0.6 is 0 Å². The molecule has 8 atom stereocenters. The smallest absolute Gasteiger partial charge is 0.0149 e. The van der Waals surface area contributed by atoms with Crippen molar-refractivity contribution in [2.75, 3.05) is 0 Å². The third-order valence-electron chi connectivity index (χ3n) is 10.8. The van der Waals surface area contributed by atoms with Crippen molar-refractivity contribution in [2.45, 2.75) is 112 Å². The number of hydrogen-bond acceptors (Lipinski definition) is 0. The van der Waals surface area contributed by atoms with E-state index in [2.05, 4.69) is 47.6 Å². The van der Waals surface area contributed by atoms with Crippen LogP contribution in [0.15, 0.2) is 11.6 Å². The van der Waals surface area contributed by atoms with Gasteiger partial charge in [0, 0.05) is 0 Å². The molecule has 0 spiro atoms. The Morgan fingerprint density at radius 2 is 1.64 bits per heavy atom. The molecule has 0 heterocycles. The zero-order chi connectivity index (χ0) is 20.1. The molecule has 3 fully saturated rings. The van der Waals surface area contributed by atoms with Crippen LogP contribution in [0.2, 0.25) is 0 Å². The Kier molecular flexibility index (Phi) is 5.83. The van der Waals surface area contributed by atoms with E-state index in [0.29, 0.717) is 10.8 Å². The summed E-state index contributed by atoms with van der Waals surface area (Å²) in [6.07, 6.45) is 18.9. The molecule has 0 nitrogen and oxygen atoms in total. The van der Waals surface area contributed by atoms with Crippen molar-refractivity contribution in [1.29, 1.82) is 0 Å². The predicted molar refractivity (Wildman–Crippen MR) is 122 cm³/mol. The second-order valence-electron chi connectivity index (χ2n) is 12.5. The highest BCUT2D eigenvalue weighted by Crippen LogP contribution is 2.68. The summed E-state index contributed by atoms with van der Waals surface area (Å²) >= 11 is 0. The average Bonchev–Trinajstić information content (AvgIpc) is 2.98. The summed E-state index contributed by atoms with van der Waals surface area (Å²) in [6.45, 7) is 15.3. The van der Waals surface area contributed by atoms with Gasteiger partial charge in [-0.15, -0.1) is 0 Å². The molecular weight excluding hydrogens is 336 g/mol. The van der Waals surface area contributed by atoms with Gasteiger partial charge in [-0.05, 0) is 111 Å². The maximum atomic E-state index is 2.74. The molecule has 0 aromatic carbocycles. The van der Waals surface area contributed by atoms with Crippen LogP contribution in [0.4, 0.5) is 0 Å². The van der Waals surface area contributed by atoms with Gasteiger partial charge in [0.25, 0.3) is 0 Å². The van der Waals surface area contributed by atoms with E-state index in [0.717, 1.165) is 41.4 Å². The molecule has 4 aliphatic rings. The summed E-state index contributed by atoms with van der Waals surface area (Å²) in [5.41, 5.74) is 3.01. The number of fused-ring (bicyclic) bond motifs is 5. The van der Waals surface area contributed by atoms with E-state index in [4.69, 9.17) is 0 Å². The Hall–Kier alpha value is -0.260. The molecule has 0 saturated heterocycles. The number of rotatable bonds is 5. The summed E-state index contributed by atoms with van der Waals surface area (Å²) in [5, 5.41) is 0. The van der Waals surface area contributed by atoms with Crippen molar-refractivity contribution < 1.29 is 0 Å². The SMILES string of the molecule is CC1=CCCC2(C)C1CCC1C2CCC2(C)C(C(C)CCCC(C)C)CCC12. The first-order chi connectivity index (χ1) is 13.3. The zero-order valence-corrected chi connectivity index (χ0v) is 19.9. The van der Waals surface area contributed by atoms with E-state index >= 15 is 0 Å². The van der Waals surface area contributed by atoms with Crippen molar-refractivity contribution >= 4 is 0 Å². The predicted octanol–water partition coefficient (Wildman–Crippen LogP) is 8.66. The van der Waals surface area contributed by atoms with Crippen molar-refractivity contribution in [3.63, 3.8) is 0 Å². The van der Waals surface area contributed by atoms with Gasteiger partial charge in [0.1, 0.15) is 0 Å². The lowest BCUT2D eigenvalue weighted by atomic mass is 9.44. The Balaban J connectivity index is 1.48. The molecule has 0 aliphatic heterocycles. The Morgan fingerprint density at radius 1 is 0.893 bits per heavy atom. The molecule has 0 heteroatoms. The maximum absolute atomic E-state index is 2.74. The molecule has 4 aliphatic carbocycles. The third-order valence-corrected chi connectivity index (χ3v) is 10.8. The van der Waals surface area contributed by atoms with E-state index < -0.39 is 0 Å². The Bertz CT molecular complexity index is 585. The summed E-state index contributed by atoms with van der Waals surface area (Å²) < 4.78 is 0. The lowest BCUT2D eigenvalue weighted by Gasteiger charge is -2.60. The number of hydrogen-bond donors (Lipinski definition) is 0. The quantitative estimate of drug-likeness (QED) is 0.416. The summed E-state index contributed by atoms with van der Waals surface area (Å²) in [7, 11) is 0. The highest BCUT2D eigenvalue weighted by Gasteiger charge is 2.60. The van der Waals surface area contributed by atoms with E-state index in [1.54, 1.807) is 12.0 Å². The van der Waals surface area contributed by atoms with Crippen LogP contribution in [0, 0.1) is 52.3 Å². The highest BCUT2D eigenvalue weighted by molar-refractivity contribution is 5.18. The molecule has 3 saturated carbocycles. The van der Waals surface area contributed by atoms with Crippen molar-refractivity contribution in [1.82, 2.24) is 0 Å². The molecule has 0 aromatic rings. The van der Waals surface area contributed by atoms with Gasteiger partial charge in [-0.2, -0.15) is 0 Å². The Labute approximate surface area is 176 Å². The first kappa shape index (κ1) is 21.0. The van der Waals surface area contributed by atoms with Crippen LogP contribution < -0.4 is 0 Å². The molecule has 0 amide bonds. The van der Waals surface area contributed by atoms with Gasteiger partial charge in [0.15, 0.2) is 0 Å². The summed E-state index contributed by atoms with van der Waals surface area (Å²) in [4.78, 5) is 0. The van der Waals surface area contributed by atoms with E-state index in [9.17, 15) is 0 Å². The van der Waals surface area contributed by atoms with Gasteiger partial charge in [0.2, 0.25) is 0 Å². The normalized spacial score (nSPS) is 46.5. The minimum atomic E-state index is 0.615. The minimum Gasteiger partial charge on any atom is -0.0853 e. The van der Waals surface area contributed by atoms with Gasteiger partial charge in [-0.1, -0.05) is 65.5 Å². The standard InChI is InChI=1S/C28H48/c1-19(2)9-7-10-20(3)24-14-15-25-22-12-13-23-21(4)11-8-17-27(23,5)26(22)16-18-28(24,25)6/h11,19-20,22-26H,7-10,12-18H2,1-6H3. The fourth-order valence-corrected chi connectivity index (χ4v) is 9.34. The van der Waals surface area contributed by atoms with Crippen molar-refractivity contribution in [2.24, 2.45) is 52.3 Å². The molecule has 0 N–H and O–H groups in total. The molecule has 8 unspecified atom stereocenters. The second-order valence-corrected chi connectivity index (χ2v) is 12.5. The van der Waals surface area contributed by atoms with E-state index in [-0.39, 0.29) is 0 Å². The van der Waals surface area contributed by atoms with Gasteiger partial charge in [-0.25, -0.2) is 0 Å². The third kappa shape index (κ3) is 3.33. The topological polar surface area (TPSA) is 0 Å². The molecular formula is C28H48. The molecule has 160 valence electrons. The zero-order valence-electron chi connectivity index (χ0n) is 19.9. The van der Waals surface area contributed by atoms with Crippen LogP contribution in [0.1, 0.15) is 112 Å². The lowest BCUT2D eigenvalue weighted by molar-refractivity contribution is -0.0980. The van der Waals surface area contributed by atoms with Crippen molar-refractivity contribution in [3.05, 3.63) is 11.6 Å². The van der Waals surface area contributed by atoms with Crippen LogP contribution in [0.5, 0.6) is 0 Å². The molecule has 28 heavy (non-hydrogen) atoms. The second kappa shape index (κ2) is 7.77. The van der Waals surface area contributed by atoms with E-state index in [1.165, 1.54) is 64.2 Å². The Morgan fingerprint density at radius 3 is 2.39 bits per heavy atom. The summed E-state index contributed by atoms with van der Waals surface area (Å²) in [6, 6.07) is 0. The minimum absolute atomic E-state index is 0.615. The van der Waals surface area contributed by atoms with Gasteiger partial charge in [-0.3, -0.25) is 0 Å². The van der Waals surface area contributed by atoms with Crippen LogP contribution in [0.25, 0.3) is 0 Å². The summed E-state index contributed by atoms with van der Waals surface area (Å²) in [5.74, 6) is 6.81. The fourth-order valence-electron chi connectivity index (χ4n) is 9.34. The monoisotopic (exact) mass is 384 g/mol. The van der Waals surface area contributed by atoms with E-state index in [1.807, 2.05) is 0 Å². The van der Waals surface area contributed by atoms with Gasteiger partial charge >= 0.3 is 0 Å². The van der Waals surface area contributed by atoms with Crippen LogP contribution in [0.3, 0.4) is 0 Å². The molecule has 0 radical (unpaired) electrons. The molecule has 0 bridgehead atoms. The van der Waals surface area contributed by atoms with Crippen LogP contribution in [-0.2, 0) is 0 Å². The van der Waals surface area contributed by atoms with Gasteiger partial charge in [0.05, 0.1) is 0 Å². The van der Waals surface area contributed by atoms with Crippen LogP contribution in [-0.4, -0.2) is 0 Å². The molecule has 0 aromatic heterocycles.